The van der Waals surface area contributed by atoms with Gasteiger partial charge in [-0.2, -0.15) is 0 Å². The molecule has 0 saturated carbocycles. The van der Waals surface area contributed by atoms with Crippen LogP contribution in [0.15, 0.2) is 12.2 Å². The molecule has 3 nitrogen and oxygen atoms in total. The number of allylic oxidation sites excluding steroid dienone is 1. The normalized spacial score (nSPS) is 27.4. The van der Waals surface area contributed by atoms with E-state index in [1.807, 2.05) is 6.92 Å². The Balaban J connectivity index is 2.52. The lowest BCUT2D eigenvalue weighted by molar-refractivity contribution is -0.142. The molecule has 0 aromatic heterocycles. The highest BCUT2D eigenvalue weighted by Crippen LogP contribution is 2.11. The maximum Gasteiger partial charge on any atom is 0.331 e. The average Bonchev–Trinajstić information content (AvgIpc) is 2.18. The van der Waals surface area contributed by atoms with Crippen molar-refractivity contribution in [1.82, 2.24) is 0 Å². The van der Waals surface area contributed by atoms with Gasteiger partial charge in [0.15, 0.2) is 5.78 Å². The van der Waals surface area contributed by atoms with Gasteiger partial charge < -0.3 is 4.74 Å². The number of hydrogen-bond donors (Lipinski definition) is 0. The van der Waals surface area contributed by atoms with Crippen LogP contribution in [0.3, 0.4) is 0 Å². The smallest absolute Gasteiger partial charge is 0.331 e. The first-order valence-electron chi connectivity index (χ1n) is 5.60. The van der Waals surface area contributed by atoms with Crippen molar-refractivity contribution >= 4 is 11.8 Å². The maximum absolute atomic E-state index is 11.2. The van der Waals surface area contributed by atoms with Gasteiger partial charge >= 0.3 is 5.97 Å². The predicted molar refractivity (Wildman–Crippen MR) is 57.4 cm³/mol. The van der Waals surface area contributed by atoms with E-state index in [-0.39, 0.29) is 11.9 Å². The number of cyclic esters (lactones) is 1. The van der Waals surface area contributed by atoms with Gasteiger partial charge in [0.1, 0.15) is 0 Å². The Morgan fingerprint density at radius 1 is 1.13 bits per heavy atom. The molecule has 0 aromatic rings. The number of ether oxygens (including phenoxy) is 1. The second kappa shape index (κ2) is 6.38. The lowest BCUT2D eigenvalue weighted by atomic mass is 10.1. The van der Waals surface area contributed by atoms with E-state index in [9.17, 15) is 9.59 Å². The molecule has 0 amide bonds. The standard InChI is InChI=1S/C12H18O3/c1-10-6-4-2-3-5-7-11(13)8-9-12(14)15-10/h8-10H,2-7H2,1H3/b9-8-. The zero-order valence-electron chi connectivity index (χ0n) is 9.20. The second-order valence-electron chi connectivity index (χ2n) is 4.00. The molecule has 0 radical (unpaired) electrons. The largest absolute Gasteiger partial charge is 0.460 e. The van der Waals surface area contributed by atoms with E-state index in [0.29, 0.717) is 6.42 Å². The summed E-state index contributed by atoms with van der Waals surface area (Å²) >= 11 is 0. The summed E-state index contributed by atoms with van der Waals surface area (Å²) < 4.78 is 5.09. The number of esters is 1. The summed E-state index contributed by atoms with van der Waals surface area (Å²) in [5, 5.41) is 0. The summed E-state index contributed by atoms with van der Waals surface area (Å²) in [6.45, 7) is 1.89. The van der Waals surface area contributed by atoms with Gasteiger partial charge in [-0.15, -0.1) is 0 Å². The third kappa shape index (κ3) is 5.35. The first-order chi connectivity index (χ1) is 7.18. The SMILES string of the molecule is CC1CCCCCCC(=O)/C=C\C(=O)O1. The van der Waals surface area contributed by atoms with Crippen molar-refractivity contribution in [1.29, 1.82) is 0 Å². The summed E-state index contributed by atoms with van der Waals surface area (Å²) in [5.41, 5.74) is 0. The van der Waals surface area contributed by atoms with Crippen LogP contribution in [0.2, 0.25) is 0 Å². The molecule has 0 N–H and O–H groups in total. The summed E-state index contributed by atoms with van der Waals surface area (Å²) in [6, 6.07) is 0. The molecule has 0 saturated heterocycles. The molecule has 0 spiro atoms. The molecule has 1 rings (SSSR count). The highest BCUT2D eigenvalue weighted by atomic mass is 16.5. The molecule has 3 heteroatoms. The molecule has 84 valence electrons. The van der Waals surface area contributed by atoms with Crippen LogP contribution in [0, 0.1) is 0 Å². The van der Waals surface area contributed by atoms with Gasteiger partial charge in [-0.25, -0.2) is 4.79 Å². The molecule has 1 unspecified atom stereocenters. The minimum Gasteiger partial charge on any atom is -0.460 e. The minimum absolute atomic E-state index is 0.0141. The maximum atomic E-state index is 11.2. The Bertz CT molecular complexity index is 256. The van der Waals surface area contributed by atoms with E-state index in [1.165, 1.54) is 12.2 Å². The minimum atomic E-state index is -0.406. The molecule has 1 aliphatic heterocycles. The first-order valence-corrected chi connectivity index (χ1v) is 5.60. The van der Waals surface area contributed by atoms with Crippen molar-refractivity contribution in [3.05, 3.63) is 12.2 Å². The highest BCUT2D eigenvalue weighted by Gasteiger charge is 2.08. The molecular formula is C12H18O3. The average molecular weight is 210 g/mol. The van der Waals surface area contributed by atoms with Crippen LogP contribution in [0.4, 0.5) is 0 Å². The number of carbonyl (C=O) groups excluding carboxylic acids is 2. The van der Waals surface area contributed by atoms with Crippen LogP contribution in [0.25, 0.3) is 0 Å². The van der Waals surface area contributed by atoms with Gasteiger partial charge in [0.25, 0.3) is 0 Å². The van der Waals surface area contributed by atoms with E-state index in [2.05, 4.69) is 0 Å². The van der Waals surface area contributed by atoms with Gasteiger partial charge in [0.2, 0.25) is 0 Å². The zero-order valence-corrected chi connectivity index (χ0v) is 9.20. The molecule has 1 atom stereocenters. The van der Waals surface area contributed by atoms with Crippen LogP contribution in [-0.4, -0.2) is 17.9 Å². The molecule has 1 heterocycles. The Hall–Kier alpha value is -1.12. The number of ketones is 1. The third-order valence-corrected chi connectivity index (χ3v) is 2.51. The monoisotopic (exact) mass is 210 g/mol. The van der Waals surface area contributed by atoms with Crippen LogP contribution in [-0.2, 0) is 14.3 Å². The van der Waals surface area contributed by atoms with Gasteiger partial charge in [0.05, 0.1) is 6.10 Å². The van der Waals surface area contributed by atoms with E-state index in [4.69, 9.17) is 4.74 Å². The Morgan fingerprint density at radius 2 is 1.87 bits per heavy atom. The van der Waals surface area contributed by atoms with E-state index in [0.717, 1.165) is 32.1 Å². The number of hydrogen-bond acceptors (Lipinski definition) is 3. The quantitative estimate of drug-likeness (QED) is 0.576. The highest BCUT2D eigenvalue weighted by molar-refractivity contribution is 5.95. The molecule has 0 aliphatic carbocycles. The van der Waals surface area contributed by atoms with E-state index >= 15 is 0 Å². The molecular weight excluding hydrogens is 192 g/mol. The van der Waals surface area contributed by atoms with Crippen molar-refractivity contribution in [2.75, 3.05) is 0 Å². The second-order valence-corrected chi connectivity index (χ2v) is 4.00. The first kappa shape index (κ1) is 12.0. The van der Waals surface area contributed by atoms with E-state index in [1.54, 1.807) is 0 Å². The number of rotatable bonds is 0. The van der Waals surface area contributed by atoms with Crippen molar-refractivity contribution in [3.63, 3.8) is 0 Å². The van der Waals surface area contributed by atoms with Crippen molar-refractivity contribution < 1.29 is 14.3 Å². The Kier molecular flexibility index (Phi) is 5.08. The lowest BCUT2D eigenvalue weighted by Gasteiger charge is -2.12. The molecule has 0 bridgehead atoms. The summed E-state index contributed by atoms with van der Waals surface area (Å²) in [4.78, 5) is 22.4. The van der Waals surface area contributed by atoms with Crippen molar-refractivity contribution in [2.45, 2.75) is 51.6 Å². The molecule has 15 heavy (non-hydrogen) atoms. The number of carbonyl (C=O) groups is 2. The van der Waals surface area contributed by atoms with Gasteiger partial charge in [-0.05, 0) is 32.3 Å². The third-order valence-electron chi connectivity index (χ3n) is 2.51. The van der Waals surface area contributed by atoms with Crippen LogP contribution < -0.4 is 0 Å². The van der Waals surface area contributed by atoms with Crippen LogP contribution in [0.1, 0.15) is 45.4 Å². The van der Waals surface area contributed by atoms with Crippen LogP contribution >= 0.6 is 0 Å². The summed E-state index contributed by atoms with van der Waals surface area (Å²) in [7, 11) is 0. The summed E-state index contributed by atoms with van der Waals surface area (Å²) in [6.07, 6.45) is 8.15. The summed E-state index contributed by atoms with van der Waals surface area (Å²) in [5.74, 6) is -0.392. The fourth-order valence-electron chi connectivity index (χ4n) is 1.63. The van der Waals surface area contributed by atoms with Gasteiger partial charge in [-0.1, -0.05) is 12.8 Å². The van der Waals surface area contributed by atoms with Gasteiger partial charge in [-0.3, -0.25) is 4.79 Å². The predicted octanol–water partition coefficient (Wildman–Crippen LogP) is 2.40. The fourth-order valence-corrected chi connectivity index (χ4v) is 1.63. The van der Waals surface area contributed by atoms with Crippen LogP contribution in [0.5, 0.6) is 0 Å². The zero-order chi connectivity index (χ0) is 11.1. The Labute approximate surface area is 90.5 Å². The lowest BCUT2D eigenvalue weighted by Crippen LogP contribution is -2.13. The molecule has 0 aromatic carbocycles. The van der Waals surface area contributed by atoms with Crippen molar-refractivity contribution in [2.24, 2.45) is 0 Å². The topological polar surface area (TPSA) is 43.4 Å². The Morgan fingerprint density at radius 3 is 2.67 bits per heavy atom. The fraction of sp³-hybridized carbons (Fsp3) is 0.667. The van der Waals surface area contributed by atoms with Gasteiger partial charge in [0, 0.05) is 12.5 Å². The molecule has 0 fully saturated rings. The molecule has 1 aliphatic rings. The van der Waals surface area contributed by atoms with Crippen molar-refractivity contribution in [3.8, 4) is 0 Å². The van der Waals surface area contributed by atoms with E-state index < -0.39 is 5.97 Å².